The summed E-state index contributed by atoms with van der Waals surface area (Å²) in [6, 6.07) is 0. The Morgan fingerprint density at radius 3 is 0.526 bits per heavy atom. The molecule has 0 fully saturated rings. The fourth-order valence-corrected chi connectivity index (χ4v) is 0. The first-order valence-corrected chi connectivity index (χ1v) is 4.00. The van der Waals surface area contributed by atoms with Gasteiger partial charge < -0.3 is 63.4 Å². The van der Waals surface area contributed by atoms with Gasteiger partial charge in [-0.2, -0.15) is 0 Å². The van der Waals surface area contributed by atoms with Gasteiger partial charge in [-0.05, 0) is 0 Å². The molecule has 19 heavy (non-hydrogen) atoms. The Hall–Kier alpha value is -0.0865. The minimum absolute atomic E-state index is 0. The van der Waals surface area contributed by atoms with Crippen molar-refractivity contribution >= 4 is 20.8 Å². The van der Waals surface area contributed by atoms with E-state index in [9.17, 15) is 0 Å². The quantitative estimate of drug-likeness (QED) is 0.233. The molecule has 0 aliphatic carbocycles. The van der Waals surface area contributed by atoms with E-state index in [-0.39, 0.29) is 61.6 Å². The van der Waals surface area contributed by atoms with Crippen molar-refractivity contribution in [3.63, 3.8) is 0 Å². The SMILES string of the molecule is O.O.O.O.O.O.O=S(=O)([O-])[O-].O=S(=O)([O-])[O-].[NH2-].[NH4+].[Ni+2]. The molecule has 0 aromatic rings. The van der Waals surface area contributed by atoms with E-state index in [1.165, 1.54) is 0 Å². The summed E-state index contributed by atoms with van der Waals surface area (Å²) in [5.41, 5.74) is 0. The van der Waals surface area contributed by atoms with Crippen molar-refractivity contribution in [1.29, 1.82) is 0 Å². The molecule has 0 aliphatic heterocycles. The zero-order valence-electron chi connectivity index (χ0n) is 8.98. The summed E-state index contributed by atoms with van der Waals surface area (Å²) in [6.07, 6.45) is 0. The molecule has 19 heteroatoms. The summed E-state index contributed by atoms with van der Waals surface area (Å²) in [6.45, 7) is 0. The van der Waals surface area contributed by atoms with Crippen LogP contribution in [0.1, 0.15) is 0 Å². The van der Waals surface area contributed by atoms with Gasteiger partial charge in [-0.25, -0.2) is 0 Å². The second-order valence-corrected chi connectivity index (χ2v) is 2.45. The molecule has 0 radical (unpaired) electrons. The van der Waals surface area contributed by atoms with Crippen molar-refractivity contribution in [2.24, 2.45) is 0 Å². The van der Waals surface area contributed by atoms with Gasteiger partial charge in [0.2, 0.25) is 0 Å². The average Bonchev–Trinajstić information content (AvgIpc) is 1.12. The molecule has 0 amide bonds. The molecule has 0 atom stereocenters. The van der Waals surface area contributed by atoms with Crippen LogP contribution in [0.25, 0.3) is 6.15 Å². The maximum Gasteiger partial charge on any atom is 2.00 e. The molecular weight excluding hydrogens is 375 g/mol. The molecule has 16 nitrogen and oxygen atoms in total. The van der Waals surface area contributed by atoms with Crippen LogP contribution in [-0.2, 0) is 37.3 Å². The molecule has 0 rings (SSSR count). The second-order valence-electron chi connectivity index (χ2n) is 0.816. The molecule has 0 unspecified atom stereocenters. The van der Waals surface area contributed by atoms with Crippen LogP contribution in [0.15, 0.2) is 0 Å². The van der Waals surface area contributed by atoms with Crippen LogP contribution in [0.4, 0.5) is 0 Å². The predicted molar refractivity (Wildman–Crippen MR) is 53.9 cm³/mol. The summed E-state index contributed by atoms with van der Waals surface area (Å²) in [4.78, 5) is 0. The van der Waals surface area contributed by atoms with E-state index in [2.05, 4.69) is 0 Å². The number of rotatable bonds is 0. The number of hydrogen-bond donors (Lipinski definition) is 1. The van der Waals surface area contributed by atoms with Gasteiger partial charge in [-0.1, -0.05) is 0 Å². The van der Waals surface area contributed by atoms with Crippen molar-refractivity contribution in [3.8, 4) is 0 Å². The van der Waals surface area contributed by atoms with Gasteiger partial charge in [-0.15, -0.1) is 0 Å². The Balaban J connectivity index is -0.00000000508. The zero-order valence-corrected chi connectivity index (χ0v) is 11.6. The number of hydrogen-bond acceptors (Lipinski definition) is 8. The molecule has 18 N–H and O–H groups in total. The van der Waals surface area contributed by atoms with Gasteiger partial charge >= 0.3 is 16.5 Å². The Kier molecular flexibility index (Phi) is 184. The maximum absolute atomic E-state index is 8.52. The van der Waals surface area contributed by atoms with Crippen molar-refractivity contribution in [2.75, 3.05) is 0 Å². The largest absolute Gasteiger partial charge is 2.00 e. The van der Waals surface area contributed by atoms with E-state index in [1.54, 1.807) is 0 Å². The molecule has 0 aromatic heterocycles. The van der Waals surface area contributed by atoms with Gasteiger partial charge in [0.05, 0.1) is 0 Å². The van der Waals surface area contributed by atoms with Gasteiger partial charge in [0.1, 0.15) is 0 Å². The monoisotopic (exact) mass is 392 g/mol. The summed E-state index contributed by atoms with van der Waals surface area (Å²) in [5, 5.41) is 0. The van der Waals surface area contributed by atoms with Crippen LogP contribution < -0.4 is 6.15 Å². The first-order valence-electron chi connectivity index (χ1n) is 1.33. The fourth-order valence-electron chi connectivity index (χ4n) is 0. The van der Waals surface area contributed by atoms with E-state index in [0.717, 1.165) is 0 Å². The average molecular weight is 393 g/mol. The second kappa shape index (κ2) is 36.1. The van der Waals surface area contributed by atoms with Gasteiger partial charge in [0.15, 0.2) is 0 Å². The molecule has 0 saturated heterocycles. The Morgan fingerprint density at radius 1 is 0.526 bits per heavy atom. The zero-order chi connectivity index (χ0) is 9.00. The van der Waals surface area contributed by atoms with E-state index < -0.39 is 20.8 Å². The summed E-state index contributed by atoms with van der Waals surface area (Å²) in [5.74, 6) is 0. The summed E-state index contributed by atoms with van der Waals surface area (Å²) < 4.78 is 68.2. The van der Waals surface area contributed by atoms with Gasteiger partial charge in [0.25, 0.3) is 0 Å². The predicted octanol–water partition coefficient (Wildman–Crippen LogP) is -6.53. The summed E-state index contributed by atoms with van der Waals surface area (Å²) in [7, 11) is -10.3. The smallest absolute Gasteiger partial charge is 0.759 e. The topological polar surface area (TPSA) is 420 Å². The molecule has 0 spiro atoms. The minimum atomic E-state index is -5.17. The van der Waals surface area contributed by atoms with Crippen molar-refractivity contribution in [2.45, 2.75) is 0 Å². The van der Waals surface area contributed by atoms with Crippen LogP contribution in [0.2, 0.25) is 0 Å². The van der Waals surface area contributed by atoms with E-state index >= 15 is 0 Å². The third-order valence-electron chi connectivity index (χ3n) is 0. The van der Waals surface area contributed by atoms with Gasteiger partial charge in [0, 0.05) is 20.8 Å². The first-order chi connectivity index (χ1) is 4.00. The standard InChI is InChI=1S/H3N.H2N.Ni.2H2O4S.6H2O/c;;;2*1-5(2,3)4;;;;;;/h1H3;1H2;;2*(H2,1,2,3,4);6*1H2/q;-1;+2;;;;;;;;/p-3. The van der Waals surface area contributed by atoms with E-state index in [0.29, 0.717) is 0 Å². The molecular formula is H18N2NiO14S2-2. The Bertz CT molecular complexity index is 220. The van der Waals surface area contributed by atoms with Crippen LogP contribution >= 0.6 is 0 Å². The van der Waals surface area contributed by atoms with E-state index in [1.807, 2.05) is 0 Å². The normalized spacial score (nSPS) is 6.11. The molecule has 0 bridgehead atoms. The number of quaternary nitrogens is 1. The number of nitrogens with two attached hydrogens (primary N) is 1. The third kappa shape index (κ3) is 606000. The van der Waals surface area contributed by atoms with Crippen LogP contribution in [-0.4, -0.2) is 67.9 Å². The van der Waals surface area contributed by atoms with Crippen molar-refractivity contribution in [3.05, 3.63) is 6.15 Å². The van der Waals surface area contributed by atoms with Crippen LogP contribution in [0.5, 0.6) is 0 Å². The fraction of sp³-hybridized carbons (Fsp3) is 0. The molecule has 0 saturated carbocycles. The molecule has 0 aliphatic rings. The first kappa shape index (κ1) is 96.9. The third-order valence-corrected chi connectivity index (χ3v) is 0. The van der Waals surface area contributed by atoms with Crippen LogP contribution in [0, 0.1) is 0 Å². The molecule has 0 heterocycles. The maximum atomic E-state index is 8.52. The van der Waals surface area contributed by atoms with Crippen molar-refractivity contribution < 1.29 is 84.4 Å². The summed E-state index contributed by atoms with van der Waals surface area (Å²) >= 11 is 0. The molecule has 0 aromatic carbocycles. The Morgan fingerprint density at radius 2 is 0.526 bits per heavy atom. The van der Waals surface area contributed by atoms with E-state index in [4.69, 9.17) is 35.0 Å². The van der Waals surface area contributed by atoms with Crippen LogP contribution in [0.3, 0.4) is 0 Å². The Labute approximate surface area is 118 Å². The molecule has 136 valence electrons. The van der Waals surface area contributed by atoms with Gasteiger partial charge in [-0.3, -0.25) is 16.8 Å². The van der Waals surface area contributed by atoms with Crippen molar-refractivity contribution in [1.82, 2.24) is 6.15 Å². The minimum Gasteiger partial charge on any atom is -0.759 e.